The van der Waals surface area contributed by atoms with Crippen LogP contribution in [0.1, 0.15) is 37.9 Å². The van der Waals surface area contributed by atoms with E-state index in [-0.39, 0.29) is 6.54 Å². The van der Waals surface area contributed by atoms with Gasteiger partial charge in [-0.25, -0.2) is 4.79 Å². The molecule has 0 aromatic heterocycles. The first kappa shape index (κ1) is 21.2. The molecule has 0 bridgehead atoms. The molecular formula is C21H26N2O5. The predicted molar refractivity (Wildman–Crippen MR) is 105 cm³/mol. The molecule has 0 heterocycles. The molecule has 7 nitrogen and oxygen atoms in total. The molecule has 2 rings (SSSR count). The normalized spacial score (nSPS) is 12.3. The third-order valence-electron chi connectivity index (χ3n) is 3.81. The monoisotopic (exact) mass is 386 g/mol. The molecule has 7 heteroatoms. The van der Waals surface area contributed by atoms with Crippen LogP contribution in [0, 0.1) is 0 Å². The number of hydrazine groups is 1. The molecule has 2 aromatic rings. The van der Waals surface area contributed by atoms with E-state index in [1.54, 1.807) is 45.0 Å². The van der Waals surface area contributed by atoms with Gasteiger partial charge in [0.25, 0.3) is 0 Å². The van der Waals surface area contributed by atoms with Gasteiger partial charge in [-0.2, -0.15) is 5.01 Å². The van der Waals surface area contributed by atoms with Gasteiger partial charge in [-0.05, 0) is 44.0 Å². The largest absolute Gasteiger partial charge is 0.497 e. The fraction of sp³-hybridized carbons (Fsp3) is 0.333. The summed E-state index contributed by atoms with van der Waals surface area (Å²) in [6, 6.07) is 14.9. The van der Waals surface area contributed by atoms with Gasteiger partial charge in [-0.1, -0.05) is 42.5 Å². The molecule has 0 radical (unpaired) electrons. The maximum atomic E-state index is 12.3. The number of nitrogens with one attached hydrogen (secondary N) is 1. The van der Waals surface area contributed by atoms with E-state index in [9.17, 15) is 14.7 Å². The van der Waals surface area contributed by atoms with Crippen molar-refractivity contribution in [3.8, 4) is 5.75 Å². The van der Waals surface area contributed by atoms with Crippen LogP contribution in [0.15, 0.2) is 54.6 Å². The zero-order valence-electron chi connectivity index (χ0n) is 16.5. The van der Waals surface area contributed by atoms with Crippen LogP contribution < -0.4 is 10.2 Å². The molecular weight excluding hydrogens is 360 g/mol. The van der Waals surface area contributed by atoms with E-state index in [0.717, 1.165) is 5.56 Å². The van der Waals surface area contributed by atoms with Crippen LogP contribution in [-0.4, -0.2) is 34.9 Å². The minimum absolute atomic E-state index is 0.184. The highest BCUT2D eigenvalue weighted by Gasteiger charge is 2.30. The number of rotatable bonds is 7. The average Bonchev–Trinajstić information content (AvgIpc) is 2.61. The lowest BCUT2D eigenvalue weighted by Gasteiger charge is -2.30. The van der Waals surface area contributed by atoms with Gasteiger partial charge in [0.2, 0.25) is 0 Å². The second-order valence-electron chi connectivity index (χ2n) is 7.24. The van der Waals surface area contributed by atoms with Crippen LogP contribution >= 0.6 is 0 Å². The van der Waals surface area contributed by atoms with Gasteiger partial charge in [0, 0.05) is 6.54 Å². The Kier molecular flexibility index (Phi) is 7.00. The number of ether oxygens (including phenoxy) is 2. The summed E-state index contributed by atoms with van der Waals surface area (Å²) in [4.78, 5) is 24.4. The number of carboxylic acids is 1. The molecule has 0 aliphatic rings. The van der Waals surface area contributed by atoms with Crippen molar-refractivity contribution < 1.29 is 24.2 Å². The molecule has 28 heavy (non-hydrogen) atoms. The summed E-state index contributed by atoms with van der Waals surface area (Å²) in [6.07, 6.45) is -0.719. The topological polar surface area (TPSA) is 88.1 Å². The number of carbonyl (C=O) groups is 2. The molecule has 2 N–H and O–H groups in total. The Labute approximate surface area is 164 Å². The summed E-state index contributed by atoms with van der Waals surface area (Å²) < 4.78 is 10.4. The molecule has 0 aliphatic heterocycles. The van der Waals surface area contributed by atoms with Crippen LogP contribution in [0.2, 0.25) is 0 Å². The second kappa shape index (κ2) is 9.23. The van der Waals surface area contributed by atoms with E-state index in [2.05, 4.69) is 5.43 Å². The van der Waals surface area contributed by atoms with Gasteiger partial charge >= 0.3 is 12.1 Å². The van der Waals surface area contributed by atoms with E-state index < -0.39 is 23.7 Å². The fourth-order valence-electron chi connectivity index (χ4n) is 2.64. The predicted octanol–water partition coefficient (Wildman–Crippen LogP) is 3.76. The Morgan fingerprint density at radius 3 is 2.18 bits per heavy atom. The van der Waals surface area contributed by atoms with Crippen molar-refractivity contribution in [2.24, 2.45) is 0 Å². The zero-order chi connectivity index (χ0) is 20.7. The molecule has 0 saturated heterocycles. The Morgan fingerprint density at radius 1 is 1.07 bits per heavy atom. The molecule has 0 spiro atoms. The minimum Gasteiger partial charge on any atom is -0.497 e. The van der Waals surface area contributed by atoms with Crippen LogP contribution in [-0.2, 0) is 16.1 Å². The highest BCUT2D eigenvalue weighted by Crippen LogP contribution is 2.24. The van der Waals surface area contributed by atoms with Crippen molar-refractivity contribution in [2.45, 2.75) is 39.0 Å². The number of carbonyl (C=O) groups excluding carboxylic acids is 1. The molecule has 1 amide bonds. The minimum atomic E-state index is -1.11. The Hall–Kier alpha value is -3.06. The van der Waals surface area contributed by atoms with E-state index in [1.165, 1.54) is 12.1 Å². The van der Waals surface area contributed by atoms with Crippen molar-refractivity contribution in [1.82, 2.24) is 10.4 Å². The van der Waals surface area contributed by atoms with Crippen molar-refractivity contribution in [2.75, 3.05) is 7.11 Å². The third-order valence-corrected chi connectivity index (χ3v) is 3.81. The van der Waals surface area contributed by atoms with Gasteiger partial charge in [0.05, 0.1) is 7.11 Å². The number of nitrogens with zero attached hydrogens (tertiary/aromatic N) is 1. The van der Waals surface area contributed by atoms with Crippen molar-refractivity contribution in [3.63, 3.8) is 0 Å². The van der Waals surface area contributed by atoms with E-state index >= 15 is 0 Å². The molecule has 0 saturated carbocycles. The second-order valence-corrected chi connectivity index (χ2v) is 7.24. The molecule has 150 valence electrons. The Bertz CT molecular complexity index is 785. The van der Waals surface area contributed by atoms with Crippen molar-refractivity contribution >= 4 is 12.1 Å². The molecule has 0 aliphatic carbocycles. The van der Waals surface area contributed by atoms with Crippen molar-refractivity contribution in [3.05, 3.63) is 65.7 Å². The maximum Gasteiger partial charge on any atom is 0.422 e. The van der Waals surface area contributed by atoms with Crippen LogP contribution in [0.4, 0.5) is 4.79 Å². The number of benzene rings is 2. The summed E-state index contributed by atoms with van der Waals surface area (Å²) in [5, 5.41) is 11.2. The van der Waals surface area contributed by atoms with E-state index in [0.29, 0.717) is 11.3 Å². The number of aliphatic carboxylic acids is 1. The maximum absolute atomic E-state index is 12.3. The number of carboxylic acid groups (broad SMARTS) is 1. The summed E-state index contributed by atoms with van der Waals surface area (Å²) in [5.74, 6) is -0.486. The Morgan fingerprint density at radius 2 is 1.68 bits per heavy atom. The van der Waals surface area contributed by atoms with Gasteiger partial charge in [0.1, 0.15) is 11.4 Å². The SMILES string of the molecule is COc1ccc(C(C(=O)O)N(Cc2ccccc2)NC(=O)OC(C)(C)C)cc1. The lowest BCUT2D eigenvalue weighted by Crippen LogP contribution is -2.48. The summed E-state index contributed by atoms with van der Waals surface area (Å²) in [5.41, 5.74) is 3.23. The third kappa shape index (κ3) is 6.28. The quantitative estimate of drug-likeness (QED) is 0.705. The molecule has 1 unspecified atom stereocenters. The van der Waals surface area contributed by atoms with Crippen molar-refractivity contribution in [1.29, 1.82) is 0 Å². The standard InChI is InChI=1S/C21H26N2O5/c1-21(2,3)28-20(26)22-23(14-15-8-6-5-7-9-15)18(19(24)25)16-10-12-17(27-4)13-11-16/h5-13,18H,14H2,1-4H3,(H,22,26)(H,24,25). The highest BCUT2D eigenvalue weighted by molar-refractivity contribution is 5.76. The number of hydrogen-bond donors (Lipinski definition) is 2. The molecule has 2 aromatic carbocycles. The molecule has 0 fully saturated rings. The van der Waals surface area contributed by atoms with Gasteiger partial charge in [-0.15, -0.1) is 0 Å². The van der Waals surface area contributed by atoms with Crippen LogP contribution in [0.25, 0.3) is 0 Å². The first-order chi connectivity index (χ1) is 13.2. The average molecular weight is 386 g/mol. The number of amides is 1. The van der Waals surface area contributed by atoms with Gasteiger partial charge in [-0.3, -0.25) is 10.2 Å². The fourth-order valence-corrected chi connectivity index (χ4v) is 2.64. The highest BCUT2D eigenvalue weighted by atomic mass is 16.6. The molecule has 1 atom stereocenters. The summed E-state index contributed by atoms with van der Waals surface area (Å²) >= 11 is 0. The van der Waals surface area contributed by atoms with E-state index in [1.807, 2.05) is 30.3 Å². The number of methoxy groups -OCH3 is 1. The lowest BCUT2D eigenvalue weighted by atomic mass is 10.1. The summed E-state index contributed by atoms with van der Waals surface area (Å²) in [6.45, 7) is 5.41. The van der Waals surface area contributed by atoms with Crippen LogP contribution in [0.5, 0.6) is 5.75 Å². The summed E-state index contributed by atoms with van der Waals surface area (Å²) in [7, 11) is 1.54. The Balaban J connectivity index is 2.34. The first-order valence-corrected chi connectivity index (χ1v) is 8.86. The number of hydrogen-bond acceptors (Lipinski definition) is 5. The van der Waals surface area contributed by atoms with Crippen LogP contribution in [0.3, 0.4) is 0 Å². The first-order valence-electron chi connectivity index (χ1n) is 8.86. The lowest BCUT2D eigenvalue weighted by molar-refractivity contribution is -0.145. The zero-order valence-corrected chi connectivity index (χ0v) is 16.5. The van der Waals surface area contributed by atoms with E-state index in [4.69, 9.17) is 9.47 Å². The van der Waals surface area contributed by atoms with Gasteiger partial charge < -0.3 is 14.6 Å². The van der Waals surface area contributed by atoms with Gasteiger partial charge in [0.15, 0.2) is 6.04 Å². The smallest absolute Gasteiger partial charge is 0.422 e.